The molecule has 1 amide bonds. The minimum atomic E-state index is -4.81. The quantitative estimate of drug-likeness (QED) is 0.218. The number of anilines is 2. The maximum atomic E-state index is 15.8. The molecule has 0 aliphatic carbocycles. The number of alkyl halides is 3. The van der Waals surface area contributed by atoms with E-state index in [1.54, 1.807) is 6.07 Å². The number of benzene rings is 3. The maximum absolute atomic E-state index is 15.8. The van der Waals surface area contributed by atoms with Gasteiger partial charge in [0, 0.05) is 24.7 Å². The molecule has 8 nitrogen and oxygen atoms in total. The topological polar surface area (TPSA) is 102 Å². The lowest BCUT2D eigenvalue weighted by molar-refractivity contribution is -0.141. The molecule has 0 bridgehead atoms. The molecule has 6 rings (SSSR count). The summed E-state index contributed by atoms with van der Waals surface area (Å²) in [5, 5.41) is 11.2. The number of aromatic nitrogens is 3. The largest absolute Gasteiger partial charge is 0.435 e. The summed E-state index contributed by atoms with van der Waals surface area (Å²) >= 11 is 0. The number of hydrogen-bond acceptors (Lipinski definition) is 6. The standard InChI is InChI=1S/C31H28F4N6O2/c1-17(2)37-16-19-6-3-4-7-21(19)18-9-11-25(24(32)14-18)40-13-5-8-22-27(30(40)42)41(38-28(22)31(33,34)35)20-10-12-26-23(15-20)29(36)39-43-26/h3-4,6-7,9-12,14-15,17,37H,5,8,13,16H2,1-2H3,(H2,36,39). The number of fused-ring (bicyclic) bond motifs is 2. The molecule has 0 saturated heterocycles. The summed E-state index contributed by atoms with van der Waals surface area (Å²) in [5.41, 5.74) is 7.08. The van der Waals surface area contributed by atoms with E-state index in [2.05, 4.69) is 15.6 Å². The molecular weight excluding hydrogens is 564 g/mol. The van der Waals surface area contributed by atoms with E-state index in [1.165, 1.54) is 35.2 Å². The molecule has 0 fully saturated rings. The van der Waals surface area contributed by atoms with Crippen molar-refractivity contribution in [2.75, 3.05) is 17.2 Å². The van der Waals surface area contributed by atoms with Gasteiger partial charge in [0.25, 0.3) is 5.91 Å². The molecule has 3 aromatic carbocycles. The second-order valence-corrected chi connectivity index (χ2v) is 10.8. The number of nitrogen functional groups attached to an aromatic ring is 1. The summed E-state index contributed by atoms with van der Waals surface area (Å²) in [6, 6.07) is 16.9. The monoisotopic (exact) mass is 592 g/mol. The zero-order valence-corrected chi connectivity index (χ0v) is 23.4. The van der Waals surface area contributed by atoms with Crippen LogP contribution in [0.3, 0.4) is 0 Å². The van der Waals surface area contributed by atoms with Gasteiger partial charge >= 0.3 is 6.18 Å². The first-order valence-electron chi connectivity index (χ1n) is 13.8. The van der Waals surface area contributed by atoms with Gasteiger partial charge in [-0.3, -0.25) is 4.79 Å². The Hall–Kier alpha value is -4.71. The van der Waals surface area contributed by atoms with Crippen LogP contribution >= 0.6 is 0 Å². The zero-order valence-electron chi connectivity index (χ0n) is 23.4. The van der Waals surface area contributed by atoms with Gasteiger partial charge in [-0.25, -0.2) is 9.07 Å². The zero-order chi connectivity index (χ0) is 30.5. The number of amides is 1. The number of carbonyl (C=O) groups excluding carboxylic acids is 1. The molecule has 222 valence electrons. The van der Waals surface area contributed by atoms with Crippen LogP contribution < -0.4 is 16.0 Å². The van der Waals surface area contributed by atoms with Crippen LogP contribution in [0.15, 0.2) is 65.2 Å². The number of carbonyl (C=O) groups is 1. The first-order valence-corrected chi connectivity index (χ1v) is 13.8. The third kappa shape index (κ3) is 5.22. The van der Waals surface area contributed by atoms with Crippen LogP contribution in [-0.4, -0.2) is 33.4 Å². The number of hydrogen-bond donors (Lipinski definition) is 2. The lowest BCUT2D eigenvalue weighted by Gasteiger charge is -2.23. The van der Waals surface area contributed by atoms with E-state index < -0.39 is 23.6 Å². The lowest BCUT2D eigenvalue weighted by Crippen LogP contribution is -2.33. The van der Waals surface area contributed by atoms with Crippen LogP contribution in [0.4, 0.5) is 29.1 Å². The Morgan fingerprint density at radius 1 is 1.09 bits per heavy atom. The second kappa shape index (κ2) is 10.8. The van der Waals surface area contributed by atoms with E-state index in [9.17, 15) is 18.0 Å². The molecule has 12 heteroatoms. The average Bonchev–Trinajstić information content (AvgIpc) is 3.50. The highest BCUT2D eigenvalue weighted by atomic mass is 19.4. The summed E-state index contributed by atoms with van der Waals surface area (Å²) in [6.07, 6.45) is -4.70. The van der Waals surface area contributed by atoms with Crippen LogP contribution in [0.2, 0.25) is 0 Å². The van der Waals surface area contributed by atoms with Gasteiger partial charge in [-0.15, -0.1) is 0 Å². The highest BCUT2D eigenvalue weighted by Gasteiger charge is 2.42. The maximum Gasteiger partial charge on any atom is 0.435 e. The first kappa shape index (κ1) is 28.4. The number of nitrogens with zero attached hydrogens (tertiary/aromatic N) is 4. The number of nitrogens with two attached hydrogens (primary N) is 1. The smallest absolute Gasteiger partial charge is 0.380 e. The van der Waals surface area contributed by atoms with Gasteiger partial charge in [0.15, 0.2) is 17.1 Å². The second-order valence-electron chi connectivity index (χ2n) is 10.8. The van der Waals surface area contributed by atoms with Crippen molar-refractivity contribution in [3.63, 3.8) is 0 Å². The highest BCUT2D eigenvalue weighted by molar-refractivity contribution is 6.07. The van der Waals surface area contributed by atoms with Gasteiger partial charge in [-0.05, 0) is 59.9 Å². The van der Waals surface area contributed by atoms with Crippen molar-refractivity contribution < 1.29 is 26.9 Å². The van der Waals surface area contributed by atoms with E-state index in [-0.39, 0.29) is 53.9 Å². The van der Waals surface area contributed by atoms with Gasteiger partial charge in [-0.1, -0.05) is 49.3 Å². The van der Waals surface area contributed by atoms with Crippen LogP contribution in [0.1, 0.15) is 47.6 Å². The Morgan fingerprint density at radius 3 is 2.63 bits per heavy atom. The lowest BCUT2D eigenvalue weighted by atomic mass is 9.98. The summed E-state index contributed by atoms with van der Waals surface area (Å²) < 4.78 is 64.3. The van der Waals surface area contributed by atoms with Crippen molar-refractivity contribution in [3.05, 3.63) is 89.0 Å². The van der Waals surface area contributed by atoms with Crippen LogP contribution in [0, 0.1) is 5.82 Å². The molecule has 2 aromatic heterocycles. The first-order chi connectivity index (χ1) is 20.5. The fourth-order valence-corrected chi connectivity index (χ4v) is 5.44. The predicted octanol–water partition coefficient (Wildman–Crippen LogP) is 6.51. The normalized spacial score (nSPS) is 14.0. The average molecular weight is 593 g/mol. The molecular formula is C31H28F4N6O2. The molecule has 0 saturated carbocycles. The van der Waals surface area contributed by atoms with Crippen LogP contribution in [0.25, 0.3) is 27.8 Å². The molecule has 0 unspecified atom stereocenters. The minimum absolute atomic E-state index is 0.0214. The van der Waals surface area contributed by atoms with Crippen LogP contribution in [0.5, 0.6) is 0 Å². The van der Waals surface area contributed by atoms with Gasteiger partial charge in [-0.2, -0.15) is 18.3 Å². The van der Waals surface area contributed by atoms with E-state index in [0.29, 0.717) is 23.1 Å². The molecule has 0 radical (unpaired) electrons. The Balaban J connectivity index is 1.42. The summed E-state index contributed by atoms with van der Waals surface area (Å²) in [5.74, 6) is -1.41. The van der Waals surface area contributed by atoms with Crippen molar-refractivity contribution in [1.29, 1.82) is 0 Å². The molecule has 1 aliphatic heterocycles. The molecule has 0 spiro atoms. The number of nitrogens with one attached hydrogen (secondary N) is 1. The molecule has 5 aromatic rings. The van der Waals surface area contributed by atoms with E-state index in [4.69, 9.17) is 10.3 Å². The molecule has 1 aliphatic rings. The fourth-order valence-electron chi connectivity index (χ4n) is 5.44. The Kier molecular flexibility index (Phi) is 7.17. The van der Waals surface area contributed by atoms with Crippen molar-refractivity contribution in [1.82, 2.24) is 20.3 Å². The summed E-state index contributed by atoms with van der Waals surface area (Å²) in [6.45, 7) is 4.68. The summed E-state index contributed by atoms with van der Waals surface area (Å²) in [4.78, 5) is 15.2. The van der Waals surface area contributed by atoms with Gasteiger partial charge in [0.2, 0.25) is 0 Å². The van der Waals surface area contributed by atoms with Crippen molar-refractivity contribution >= 4 is 28.4 Å². The van der Waals surface area contributed by atoms with Crippen molar-refractivity contribution in [2.24, 2.45) is 0 Å². The minimum Gasteiger partial charge on any atom is -0.380 e. The molecule has 0 atom stereocenters. The Labute approximate surface area is 244 Å². The highest BCUT2D eigenvalue weighted by Crippen LogP contribution is 2.38. The van der Waals surface area contributed by atoms with Gasteiger partial charge < -0.3 is 20.5 Å². The third-order valence-electron chi connectivity index (χ3n) is 7.50. The van der Waals surface area contributed by atoms with Gasteiger partial charge in [0.1, 0.15) is 11.5 Å². The number of rotatable bonds is 6. The molecule has 3 heterocycles. The van der Waals surface area contributed by atoms with Gasteiger partial charge in [0.05, 0.1) is 16.8 Å². The van der Waals surface area contributed by atoms with Crippen molar-refractivity contribution in [3.8, 4) is 16.8 Å². The molecule has 43 heavy (non-hydrogen) atoms. The Bertz CT molecular complexity index is 1840. The molecule has 3 N–H and O–H groups in total. The van der Waals surface area contributed by atoms with E-state index in [1.807, 2.05) is 38.1 Å². The SMILES string of the molecule is CC(C)NCc1ccccc1-c1ccc(N2CCCc3c(C(F)(F)F)nn(-c4ccc5onc(N)c5c4)c3C2=O)c(F)c1. The fraction of sp³-hybridized carbons (Fsp3) is 0.258. The van der Waals surface area contributed by atoms with E-state index >= 15 is 4.39 Å². The van der Waals surface area contributed by atoms with Crippen LogP contribution in [-0.2, 0) is 19.1 Å². The van der Waals surface area contributed by atoms with E-state index in [0.717, 1.165) is 15.8 Å². The number of halogens is 4. The Morgan fingerprint density at radius 2 is 1.88 bits per heavy atom. The predicted molar refractivity (Wildman–Crippen MR) is 154 cm³/mol. The summed E-state index contributed by atoms with van der Waals surface area (Å²) in [7, 11) is 0. The third-order valence-corrected chi connectivity index (χ3v) is 7.50. The van der Waals surface area contributed by atoms with Crippen molar-refractivity contribution in [2.45, 2.75) is 45.5 Å².